The second-order valence-corrected chi connectivity index (χ2v) is 6.65. The molecule has 0 N–H and O–H groups in total. The molecule has 3 rings (SSSR count). The summed E-state index contributed by atoms with van der Waals surface area (Å²) in [5.41, 5.74) is 3.37. The van der Waals surface area contributed by atoms with E-state index in [2.05, 4.69) is 16.0 Å². The predicted octanol–water partition coefficient (Wildman–Crippen LogP) is 2.41. The van der Waals surface area contributed by atoms with Crippen molar-refractivity contribution < 1.29 is 4.79 Å². The number of hydrogen-bond acceptors (Lipinski definition) is 4. The standard InChI is InChI=1S/C18H24N4O/c1-13-11-17(16(12-19)14(2)20-13)21-9-5-15(6-10-21)18(23)22-7-3-4-8-22/h11,15H,3-10H2,1-2H3. The fraction of sp³-hybridized carbons (Fsp3) is 0.611. The highest BCUT2D eigenvalue weighted by Gasteiger charge is 2.30. The molecule has 0 saturated carbocycles. The SMILES string of the molecule is Cc1cc(N2CCC(C(=O)N3CCCC3)CC2)c(C#N)c(C)n1. The van der Waals surface area contributed by atoms with Crippen molar-refractivity contribution in [1.29, 1.82) is 5.26 Å². The third kappa shape index (κ3) is 3.17. The lowest BCUT2D eigenvalue weighted by molar-refractivity contribution is -0.135. The number of hydrogen-bond donors (Lipinski definition) is 0. The Bertz CT molecular complexity index is 635. The van der Waals surface area contributed by atoms with Gasteiger partial charge in [0.25, 0.3) is 0 Å². The van der Waals surface area contributed by atoms with Crippen LogP contribution in [0.2, 0.25) is 0 Å². The Hall–Kier alpha value is -2.09. The zero-order valence-electron chi connectivity index (χ0n) is 14.0. The van der Waals surface area contributed by atoms with Crippen molar-refractivity contribution in [3.8, 4) is 6.07 Å². The molecule has 0 atom stereocenters. The summed E-state index contributed by atoms with van der Waals surface area (Å²) in [5.74, 6) is 0.490. The van der Waals surface area contributed by atoms with Gasteiger partial charge in [-0.25, -0.2) is 0 Å². The molecule has 0 bridgehead atoms. The summed E-state index contributed by atoms with van der Waals surface area (Å²) in [4.78, 5) is 21.2. The molecule has 3 heterocycles. The minimum absolute atomic E-state index is 0.152. The molecule has 2 fully saturated rings. The summed E-state index contributed by atoms with van der Waals surface area (Å²) in [5, 5.41) is 9.43. The molecule has 0 aromatic carbocycles. The van der Waals surface area contributed by atoms with E-state index in [1.807, 2.05) is 24.8 Å². The largest absolute Gasteiger partial charge is 0.370 e. The van der Waals surface area contributed by atoms with Crippen LogP contribution in [0.25, 0.3) is 0 Å². The number of rotatable bonds is 2. The van der Waals surface area contributed by atoms with Crippen LogP contribution in [0.4, 0.5) is 5.69 Å². The Morgan fingerprint density at radius 1 is 1.22 bits per heavy atom. The Kier molecular flexibility index (Phi) is 4.51. The molecule has 1 aromatic heterocycles. The van der Waals surface area contributed by atoms with Crippen molar-refractivity contribution in [1.82, 2.24) is 9.88 Å². The smallest absolute Gasteiger partial charge is 0.225 e. The third-order valence-corrected chi connectivity index (χ3v) is 5.02. The van der Waals surface area contributed by atoms with E-state index in [1.54, 1.807) is 0 Å². The first-order valence-corrected chi connectivity index (χ1v) is 8.52. The maximum absolute atomic E-state index is 12.5. The minimum Gasteiger partial charge on any atom is -0.370 e. The summed E-state index contributed by atoms with van der Waals surface area (Å²) in [7, 11) is 0. The van der Waals surface area contributed by atoms with Crippen LogP contribution in [-0.4, -0.2) is 42.0 Å². The van der Waals surface area contributed by atoms with Gasteiger partial charge in [-0.15, -0.1) is 0 Å². The highest BCUT2D eigenvalue weighted by molar-refractivity contribution is 5.79. The molecule has 122 valence electrons. The van der Waals surface area contributed by atoms with Crippen molar-refractivity contribution in [3.63, 3.8) is 0 Å². The molecule has 0 spiro atoms. The number of anilines is 1. The Balaban J connectivity index is 1.70. The molecule has 1 aromatic rings. The normalized spacial score (nSPS) is 19.0. The van der Waals surface area contributed by atoms with E-state index in [0.717, 1.165) is 68.9 Å². The second-order valence-electron chi connectivity index (χ2n) is 6.65. The van der Waals surface area contributed by atoms with Crippen molar-refractivity contribution in [2.75, 3.05) is 31.1 Å². The number of carbonyl (C=O) groups excluding carboxylic acids is 1. The molecule has 2 saturated heterocycles. The van der Waals surface area contributed by atoms with Gasteiger partial charge in [0.05, 0.1) is 16.9 Å². The number of aryl methyl sites for hydroxylation is 2. The van der Waals surface area contributed by atoms with E-state index in [0.29, 0.717) is 11.5 Å². The van der Waals surface area contributed by atoms with Gasteiger partial charge in [-0.1, -0.05) is 0 Å². The lowest BCUT2D eigenvalue weighted by atomic mass is 9.94. The monoisotopic (exact) mass is 312 g/mol. The lowest BCUT2D eigenvalue weighted by Gasteiger charge is -2.35. The average Bonchev–Trinajstić information content (AvgIpc) is 3.08. The quantitative estimate of drug-likeness (QED) is 0.841. The fourth-order valence-corrected chi connectivity index (χ4v) is 3.76. The van der Waals surface area contributed by atoms with Gasteiger partial charge in [0.15, 0.2) is 0 Å². The molecule has 1 amide bonds. The third-order valence-electron chi connectivity index (χ3n) is 5.02. The summed E-state index contributed by atoms with van der Waals surface area (Å²) < 4.78 is 0. The molecule has 5 heteroatoms. The Morgan fingerprint density at radius 2 is 1.87 bits per heavy atom. The molecular formula is C18H24N4O. The van der Waals surface area contributed by atoms with Crippen LogP contribution in [0.15, 0.2) is 6.07 Å². The average molecular weight is 312 g/mol. The number of amides is 1. The van der Waals surface area contributed by atoms with Gasteiger partial charge >= 0.3 is 0 Å². The number of nitrogens with zero attached hydrogens (tertiary/aromatic N) is 4. The van der Waals surface area contributed by atoms with E-state index < -0.39 is 0 Å². The molecule has 0 unspecified atom stereocenters. The van der Waals surface area contributed by atoms with Crippen LogP contribution >= 0.6 is 0 Å². The zero-order valence-corrected chi connectivity index (χ0v) is 14.0. The van der Waals surface area contributed by atoms with E-state index in [9.17, 15) is 10.1 Å². The van der Waals surface area contributed by atoms with Crippen LogP contribution in [0, 0.1) is 31.1 Å². The van der Waals surface area contributed by atoms with E-state index in [1.165, 1.54) is 0 Å². The predicted molar refractivity (Wildman–Crippen MR) is 89.2 cm³/mol. The lowest BCUT2D eigenvalue weighted by Crippen LogP contribution is -2.42. The number of pyridine rings is 1. The number of aromatic nitrogens is 1. The molecule has 0 radical (unpaired) electrons. The van der Waals surface area contributed by atoms with Gasteiger partial charge in [0, 0.05) is 37.8 Å². The Labute approximate surface area is 137 Å². The van der Waals surface area contributed by atoms with Crippen LogP contribution in [0.3, 0.4) is 0 Å². The topological polar surface area (TPSA) is 60.2 Å². The molecule has 5 nitrogen and oxygen atoms in total. The van der Waals surface area contributed by atoms with Crippen LogP contribution < -0.4 is 4.90 Å². The second kappa shape index (κ2) is 6.57. The molecule has 23 heavy (non-hydrogen) atoms. The van der Waals surface area contributed by atoms with Crippen LogP contribution in [0.1, 0.15) is 42.6 Å². The van der Waals surface area contributed by atoms with E-state index in [4.69, 9.17) is 0 Å². The minimum atomic E-state index is 0.152. The van der Waals surface area contributed by atoms with Gasteiger partial charge < -0.3 is 9.80 Å². The number of nitriles is 1. The van der Waals surface area contributed by atoms with E-state index >= 15 is 0 Å². The van der Waals surface area contributed by atoms with Gasteiger partial charge in [-0.2, -0.15) is 5.26 Å². The maximum Gasteiger partial charge on any atom is 0.225 e. The van der Waals surface area contributed by atoms with Crippen molar-refractivity contribution in [3.05, 3.63) is 23.0 Å². The van der Waals surface area contributed by atoms with Gasteiger partial charge in [0.2, 0.25) is 5.91 Å². The van der Waals surface area contributed by atoms with Crippen molar-refractivity contribution in [2.45, 2.75) is 39.5 Å². The zero-order chi connectivity index (χ0) is 16.4. The van der Waals surface area contributed by atoms with Crippen molar-refractivity contribution >= 4 is 11.6 Å². The first kappa shape index (κ1) is 15.8. The summed E-state index contributed by atoms with van der Waals surface area (Å²) in [6, 6.07) is 4.28. The first-order chi connectivity index (χ1) is 11.1. The van der Waals surface area contributed by atoms with Crippen LogP contribution in [-0.2, 0) is 4.79 Å². The van der Waals surface area contributed by atoms with Gasteiger partial charge in [0.1, 0.15) is 6.07 Å². The van der Waals surface area contributed by atoms with E-state index in [-0.39, 0.29) is 5.92 Å². The highest BCUT2D eigenvalue weighted by atomic mass is 16.2. The fourth-order valence-electron chi connectivity index (χ4n) is 3.76. The highest BCUT2D eigenvalue weighted by Crippen LogP contribution is 2.29. The summed E-state index contributed by atoms with van der Waals surface area (Å²) >= 11 is 0. The molecule has 0 aliphatic carbocycles. The molecule has 2 aliphatic heterocycles. The summed E-state index contributed by atoms with van der Waals surface area (Å²) in [6.07, 6.45) is 4.04. The summed E-state index contributed by atoms with van der Waals surface area (Å²) in [6.45, 7) is 7.38. The Morgan fingerprint density at radius 3 is 2.48 bits per heavy atom. The first-order valence-electron chi connectivity index (χ1n) is 8.52. The molecule has 2 aliphatic rings. The number of likely N-dealkylation sites (tertiary alicyclic amines) is 1. The maximum atomic E-state index is 12.5. The van der Waals surface area contributed by atoms with Crippen LogP contribution in [0.5, 0.6) is 0 Å². The van der Waals surface area contributed by atoms with Gasteiger partial charge in [-0.05, 0) is 45.6 Å². The van der Waals surface area contributed by atoms with Gasteiger partial charge in [-0.3, -0.25) is 9.78 Å². The van der Waals surface area contributed by atoms with Crippen molar-refractivity contribution in [2.24, 2.45) is 5.92 Å². The number of carbonyl (C=O) groups is 1. The number of piperidine rings is 1. The molecular weight excluding hydrogens is 288 g/mol.